The minimum Gasteiger partial charge on any atom is -0.481 e. The molecule has 0 aliphatic carbocycles. The predicted octanol–water partition coefficient (Wildman–Crippen LogP) is 2.53. The molecule has 15 heavy (non-hydrogen) atoms. The van der Waals surface area contributed by atoms with E-state index in [0.717, 1.165) is 10.0 Å². The number of carboxylic acid groups (broad SMARTS) is 1. The predicted molar refractivity (Wildman–Crippen MR) is 62.8 cm³/mol. The summed E-state index contributed by atoms with van der Waals surface area (Å²) in [5.74, 6) is -0.788. The zero-order valence-electron chi connectivity index (χ0n) is 8.77. The van der Waals surface area contributed by atoms with Gasteiger partial charge in [-0.15, -0.1) is 0 Å². The maximum Gasteiger partial charge on any atom is 0.305 e. The Morgan fingerprint density at radius 3 is 2.53 bits per heavy atom. The van der Waals surface area contributed by atoms with Crippen LogP contribution in [0, 0.1) is 0 Å². The van der Waals surface area contributed by atoms with Crippen molar-refractivity contribution in [2.75, 3.05) is 14.1 Å². The third-order valence-corrected chi connectivity index (χ3v) is 2.98. The molecular formula is C11H14BrNO2. The number of carbonyl (C=O) groups is 1. The van der Waals surface area contributed by atoms with Crippen molar-refractivity contribution in [3.05, 3.63) is 34.3 Å². The molecule has 0 spiro atoms. The molecule has 0 aliphatic heterocycles. The Balaban J connectivity index is 2.99. The van der Waals surface area contributed by atoms with E-state index in [1.54, 1.807) is 0 Å². The Bertz CT molecular complexity index is 352. The van der Waals surface area contributed by atoms with Gasteiger partial charge in [0.1, 0.15) is 0 Å². The second-order valence-electron chi connectivity index (χ2n) is 3.60. The summed E-state index contributed by atoms with van der Waals surface area (Å²) in [6.07, 6.45) is 0.107. The normalized spacial score (nSPS) is 12.8. The number of hydrogen-bond acceptors (Lipinski definition) is 2. The molecule has 1 aromatic rings. The van der Waals surface area contributed by atoms with Crippen LogP contribution in [0.3, 0.4) is 0 Å². The molecule has 3 nitrogen and oxygen atoms in total. The Morgan fingerprint density at radius 1 is 1.47 bits per heavy atom. The number of nitrogens with zero attached hydrogens (tertiary/aromatic N) is 1. The monoisotopic (exact) mass is 271 g/mol. The Kier molecular flexibility index (Phi) is 4.29. The molecule has 1 atom stereocenters. The van der Waals surface area contributed by atoms with Crippen LogP contribution in [0.25, 0.3) is 0 Å². The molecule has 0 saturated carbocycles. The van der Waals surface area contributed by atoms with E-state index >= 15 is 0 Å². The number of aliphatic carboxylic acids is 1. The van der Waals surface area contributed by atoms with Crippen molar-refractivity contribution in [1.82, 2.24) is 4.90 Å². The van der Waals surface area contributed by atoms with Gasteiger partial charge in [0.2, 0.25) is 0 Å². The highest BCUT2D eigenvalue weighted by atomic mass is 79.9. The van der Waals surface area contributed by atoms with Gasteiger partial charge in [-0.3, -0.25) is 4.79 Å². The summed E-state index contributed by atoms with van der Waals surface area (Å²) < 4.78 is 0.949. The topological polar surface area (TPSA) is 40.5 Å². The fourth-order valence-corrected chi connectivity index (χ4v) is 2.03. The Morgan fingerprint density at radius 2 is 2.07 bits per heavy atom. The van der Waals surface area contributed by atoms with E-state index in [9.17, 15) is 4.79 Å². The first kappa shape index (κ1) is 12.2. The van der Waals surface area contributed by atoms with Gasteiger partial charge < -0.3 is 10.0 Å². The van der Waals surface area contributed by atoms with Crippen molar-refractivity contribution < 1.29 is 9.90 Å². The van der Waals surface area contributed by atoms with Crippen LogP contribution in [0.5, 0.6) is 0 Å². The summed E-state index contributed by atoms with van der Waals surface area (Å²) >= 11 is 3.44. The van der Waals surface area contributed by atoms with Crippen LogP contribution in [0.4, 0.5) is 0 Å². The van der Waals surface area contributed by atoms with Gasteiger partial charge in [0, 0.05) is 10.5 Å². The van der Waals surface area contributed by atoms with E-state index in [2.05, 4.69) is 15.9 Å². The first-order valence-corrected chi connectivity index (χ1v) is 5.44. The van der Waals surface area contributed by atoms with Crippen molar-refractivity contribution in [2.24, 2.45) is 0 Å². The van der Waals surface area contributed by atoms with Crippen molar-refractivity contribution in [1.29, 1.82) is 0 Å². The average molecular weight is 272 g/mol. The van der Waals surface area contributed by atoms with Crippen molar-refractivity contribution in [2.45, 2.75) is 12.5 Å². The maximum absolute atomic E-state index is 10.8. The molecule has 0 amide bonds. The second-order valence-corrected chi connectivity index (χ2v) is 4.45. The lowest BCUT2D eigenvalue weighted by Gasteiger charge is -2.24. The summed E-state index contributed by atoms with van der Waals surface area (Å²) in [5, 5.41) is 8.84. The SMILES string of the molecule is CN(C)C(CC(=O)O)c1ccccc1Br. The Labute approximate surface area is 97.8 Å². The van der Waals surface area contributed by atoms with Gasteiger partial charge >= 0.3 is 5.97 Å². The number of rotatable bonds is 4. The molecule has 1 N–H and O–H groups in total. The largest absolute Gasteiger partial charge is 0.481 e. The van der Waals surface area contributed by atoms with E-state index in [-0.39, 0.29) is 12.5 Å². The molecule has 0 radical (unpaired) electrons. The lowest BCUT2D eigenvalue weighted by Crippen LogP contribution is -2.23. The third-order valence-electron chi connectivity index (χ3n) is 2.26. The molecule has 0 heterocycles. The van der Waals surface area contributed by atoms with Gasteiger partial charge in [0.25, 0.3) is 0 Å². The lowest BCUT2D eigenvalue weighted by atomic mass is 10.0. The van der Waals surface area contributed by atoms with Gasteiger partial charge in [-0.2, -0.15) is 0 Å². The highest BCUT2D eigenvalue weighted by Gasteiger charge is 2.19. The molecule has 1 unspecified atom stereocenters. The van der Waals surface area contributed by atoms with E-state index in [0.29, 0.717) is 0 Å². The van der Waals surface area contributed by atoms with Gasteiger partial charge in [-0.25, -0.2) is 0 Å². The lowest BCUT2D eigenvalue weighted by molar-refractivity contribution is -0.138. The zero-order valence-corrected chi connectivity index (χ0v) is 10.4. The Hall–Kier alpha value is -0.870. The molecule has 4 heteroatoms. The molecule has 0 fully saturated rings. The minimum atomic E-state index is -0.788. The zero-order chi connectivity index (χ0) is 11.4. The molecule has 0 bridgehead atoms. The van der Waals surface area contributed by atoms with Gasteiger partial charge in [-0.1, -0.05) is 34.1 Å². The van der Waals surface area contributed by atoms with Crippen molar-refractivity contribution in [3.63, 3.8) is 0 Å². The van der Waals surface area contributed by atoms with E-state index in [4.69, 9.17) is 5.11 Å². The number of carboxylic acids is 1. The van der Waals surface area contributed by atoms with Crippen LogP contribution in [-0.2, 0) is 4.79 Å². The second kappa shape index (κ2) is 5.28. The quantitative estimate of drug-likeness (QED) is 0.915. The van der Waals surface area contributed by atoms with Crippen LogP contribution in [-0.4, -0.2) is 30.1 Å². The smallest absolute Gasteiger partial charge is 0.305 e. The van der Waals surface area contributed by atoms with Gasteiger partial charge in [-0.05, 0) is 25.7 Å². The number of hydrogen-bond donors (Lipinski definition) is 1. The van der Waals surface area contributed by atoms with Gasteiger partial charge in [0.05, 0.1) is 6.42 Å². The standard InChI is InChI=1S/C11H14BrNO2/c1-13(2)10(7-11(14)15)8-5-3-4-6-9(8)12/h3-6,10H,7H2,1-2H3,(H,14,15). The number of halogens is 1. The fraction of sp³-hybridized carbons (Fsp3) is 0.364. The summed E-state index contributed by atoms with van der Waals surface area (Å²) in [6.45, 7) is 0. The van der Waals surface area contributed by atoms with E-state index < -0.39 is 5.97 Å². The van der Waals surface area contributed by atoms with Crippen LogP contribution in [0.2, 0.25) is 0 Å². The fourth-order valence-electron chi connectivity index (χ4n) is 1.48. The van der Waals surface area contributed by atoms with Crippen LogP contribution in [0.1, 0.15) is 18.0 Å². The molecule has 1 rings (SSSR count). The average Bonchev–Trinajstić information content (AvgIpc) is 2.15. The first-order valence-electron chi connectivity index (χ1n) is 4.65. The van der Waals surface area contributed by atoms with Crippen LogP contribution in [0.15, 0.2) is 28.7 Å². The van der Waals surface area contributed by atoms with Gasteiger partial charge in [0.15, 0.2) is 0 Å². The summed E-state index contributed by atoms with van der Waals surface area (Å²) in [7, 11) is 3.76. The van der Waals surface area contributed by atoms with E-state index in [1.165, 1.54) is 0 Å². The summed E-state index contributed by atoms with van der Waals surface area (Å²) in [5.41, 5.74) is 1.00. The summed E-state index contributed by atoms with van der Waals surface area (Å²) in [6, 6.07) is 7.60. The van der Waals surface area contributed by atoms with E-state index in [1.807, 2.05) is 43.3 Å². The van der Waals surface area contributed by atoms with Crippen LogP contribution < -0.4 is 0 Å². The molecule has 0 aliphatic rings. The molecule has 0 aromatic heterocycles. The van der Waals surface area contributed by atoms with Crippen molar-refractivity contribution >= 4 is 21.9 Å². The molecule has 0 saturated heterocycles. The molecule has 1 aromatic carbocycles. The minimum absolute atomic E-state index is 0.0990. The number of benzene rings is 1. The van der Waals surface area contributed by atoms with Crippen molar-refractivity contribution in [3.8, 4) is 0 Å². The highest BCUT2D eigenvalue weighted by Crippen LogP contribution is 2.28. The maximum atomic E-state index is 10.8. The molecule has 82 valence electrons. The van der Waals surface area contributed by atoms with Crippen LogP contribution >= 0.6 is 15.9 Å². The summed E-state index contributed by atoms with van der Waals surface area (Å²) in [4.78, 5) is 12.7. The highest BCUT2D eigenvalue weighted by molar-refractivity contribution is 9.10. The third kappa shape index (κ3) is 3.32. The first-order chi connectivity index (χ1) is 7.02. The molecular weight excluding hydrogens is 258 g/mol.